The Balaban J connectivity index is 1.72. The van der Waals surface area contributed by atoms with E-state index in [2.05, 4.69) is 10.6 Å². The van der Waals surface area contributed by atoms with Crippen molar-refractivity contribution in [3.8, 4) is 0 Å². The summed E-state index contributed by atoms with van der Waals surface area (Å²) >= 11 is 0. The Morgan fingerprint density at radius 3 is 2.38 bits per heavy atom. The molecule has 3 aromatic carbocycles. The molecular formula is C27H25N3O4. The highest BCUT2D eigenvalue weighted by atomic mass is 16.5. The van der Waals surface area contributed by atoms with Crippen molar-refractivity contribution in [2.24, 2.45) is 5.73 Å². The first-order valence-corrected chi connectivity index (χ1v) is 11.0. The Kier molecular flexibility index (Phi) is 6.73. The van der Waals surface area contributed by atoms with Crippen molar-refractivity contribution in [3.05, 3.63) is 95.1 Å². The number of fused-ring (bicyclic) bond motifs is 1. The van der Waals surface area contributed by atoms with Crippen LogP contribution in [-0.4, -0.2) is 24.4 Å². The molecule has 7 nitrogen and oxygen atoms in total. The molecule has 7 heteroatoms. The molecule has 0 saturated heterocycles. The Morgan fingerprint density at radius 1 is 0.971 bits per heavy atom. The second-order valence-electron chi connectivity index (χ2n) is 7.84. The van der Waals surface area contributed by atoms with Gasteiger partial charge in [-0.15, -0.1) is 0 Å². The molecular weight excluding hydrogens is 430 g/mol. The van der Waals surface area contributed by atoms with Crippen LogP contribution in [0.4, 0.5) is 11.4 Å². The van der Waals surface area contributed by atoms with Gasteiger partial charge in [0.15, 0.2) is 0 Å². The van der Waals surface area contributed by atoms with E-state index in [1.165, 1.54) is 0 Å². The first kappa shape index (κ1) is 22.8. The molecule has 0 fully saturated rings. The molecule has 1 heterocycles. The van der Waals surface area contributed by atoms with E-state index in [0.29, 0.717) is 34.5 Å². The molecule has 3 aromatic rings. The topological polar surface area (TPSA) is 111 Å². The Morgan fingerprint density at radius 2 is 1.71 bits per heavy atom. The fourth-order valence-electron chi connectivity index (χ4n) is 3.81. The maximum atomic E-state index is 13.1. The highest BCUT2D eigenvalue weighted by Gasteiger charge is 2.29. The van der Waals surface area contributed by atoms with Crippen LogP contribution in [0.3, 0.4) is 0 Å². The maximum Gasteiger partial charge on any atom is 0.338 e. The van der Waals surface area contributed by atoms with Crippen molar-refractivity contribution < 1.29 is 19.1 Å². The summed E-state index contributed by atoms with van der Waals surface area (Å²) in [6, 6.07) is 22.3. The van der Waals surface area contributed by atoms with Crippen molar-refractivity contribution in [1.29, 1.82) is 0 Å². The molecule has 0 aromatic heterocycles. The van der Waals surface area contributed by atoms with Crippen LogP contribution in [0.2, 0.25) is 0 Å². The van der Waals surface area contributed by atoms with E-state index in [-0.39, 0.29) is 24.8 Å². The van der Waals surface area contributed by atoms with Gasteiger partial charge in [0.1, 0.15) is 0 Å². The quantitative estimate of drug-likeness (QED) is 0.348. The number of amides is 2. The van der Waals surface area contributed by atoms with E-state index in [1.54, 1.807) is 25.1 Å². The number of primary amides is 1. The molecule has 4 N–H and O–H groups in total. The minimum atomic E-state index is -0.435. The van der Waals surface area contributed by atoms with Gasteiger partial charge in [-0.1, -0.05) is 48.5 Å². The van der Waals surface area contributed by atoms with Crippen LogP contribution in [0.15, 0.2) is 72.8 Å². The highest BCUT2D eigenvalue weighted by Crippen LogP contribution is 2.38. The zero-order chi connectivity index (χ0) is 24.1. The molecule has 4 rings (SSSR count). The summed E-state index contributed by atoms with van der Waals surface area (Å²) in [4.78, 5) is 36.3. The zero-order valence-corrected chi connectivity index (χ0v) is 18.8. The number of benzene rings is 3. The first-order valence-electron chi connectivity index (χ1n) is 11.0. The largest absolute Gasteiger partial charge is 0.462 e. The van der Waals surface area contributed by atoms with Crippen LogP contribution >= 0.6 is 0 Å². The lowest BCUT2D eigenvalue weighted by Gasteiger charge is -2.15. The van der Waals surface area contributed by atoms with Gasteiger partial charge in [-0.25, -0.2) is 4.79 Å². The number of anilines is 2. The monoisotopic (exact) mass is 455 g/mol. The second-order valence-corrected chi connectivity index (χ2v) is 7.84. The smallest absolute Gasteiger partial charge is 0.338 e. The number of rotatable bonds is 8. The zero-order valence-electron chi connectivity index (χ0n) is 18.8. The standard InChI is InChI=1S/C27H25N3O4/c1-2-34-27(33)19-11-14-21-22(16-19)30-26(32)24(21)25(18-6-4-3-5-7-18)29-20-12-8-17(9-13-20)10-15-23(28)31/h3-9,11-14,16,29H,2,10,15H2,1H3,(H2,28,31)(H,30,32)/b25-24-. The molecule has 0 spiro atoms. The average Bonchev–Trinajstić information content (AvgIpc) is 3.17. The number of esters is 1. The van der Waals surface area contributed by atoms with E-state index < -0.39 is 5.97 Å². The molecule has 0 radical (unpaired) electrons. The summed E-state index contributed by atoms with van der Waals surface area (Å²) in [5, 5.41) is 6.26. The minimum absolute atomic E-state index is 0.263. The summed E-state index contributed by atoms with van der Waals surface area (Å²) in [6.07, 6.45) is 0.859. The van der Waals surface area contributed by atoms with Crippen LogP contribution in [0.5, 0.6) is 0 Å². The fourth-order valence-corrected chi connectivity index (χ4v) is 3.81. The molecule has 2 amide bonds. The van der Waals surface area contributed by atoms with Gasteiger partial charge >= 0.3 is 5.97 Å². The number of nitrogens with one attached hydrogen (secondary N) is 2. The van der Waals surface area contributed by atoms with Crippen molar-refractivity contribution in [1.82, 2.24) is 0 Å². The van der Waals surface area contributed by atoms with Gasteiger partial charge < -0.3 is 21.1 Å². The van der Waals surface area contributed by atoms with E-state index in [4.69, 9.17) is 10.5 Å². The highest BCUT2D eigenvalue weighted by molar-refractivity contribution is 6.37. The second kappa shape index (κ2) is 10.0. The summed E-state index contributed by atoms with van der Waals surface area (Å²) < 4.78 is 5.08. The molecule has 0 unspecified atom stereocenters. The number of nitrogens with two attached hydrogens (primary N) is 1. The van der Waals surface area contributed by atoms with E-state index in [1.807, 2.05) is 54.6 Å². The van der Waals surface area contributed by atoms with Crippen molar-refractivity contribution >= 4 is 40.4 Å². The van der Waals surface area contributed by atoms with Crippen LogP contribution in [-0.2, 0) is 20.7 Å². The number of hydrogen-bond donors (Lipinski definition) is 3. The molecule has 0 aliphatic carbocycles. The molecule has 0 atom stereocenters. The van der Waals surface area contributed by atoms with Gasteiger partial charge in [-0.2, -0.15) is 0 Å². The number of ether oxygens (including phenoxy) is 1. The molecule has 1 aliphatic rings. The lowest BCUT2D eigenvalue weighted by Crippen LogP contribution is -2.11. The van der Waals surface area contributed by atoms with E-state index >= 15 is 0 Å². The molecule has 0 saturated carbocycles. The minimum Gasteiger partial charge on any atom is -0.462 e. The van der Waals surface area contributed by atoms with Crippen LogP contribution in [0.1, 0.15) is 40.4 Å². The number of carbonyl (C=O) groups excluding carboxylic acids is 3. The van der Waals surface area contributed by atoms with Crippen LogP contribution in [0, 0.1) is 0 Å². The van der Waals surface area contributed by atoms with Crippen LogP contribution < -0.4 is 16.4 Å². The summed E-state index contributed by atoms with van der Waals surface area (Å²) in [5.41, 5.74) is 10.6. The molecule has 172 valence electrons. The van der Waals surface area contributed by atoms with E-state index in [0.717, 1.165) is 16.8 Å². The summed E-state index contributed by atoms with van der Waals surface area (Å²) in [5.74, 6) is -1.04. The van der Waals surface area contributed by atoms with Gasteiger partial charge in [0.05, 0.1) is 29.1 Å². The third kappa shape index (κ3) is 4.99. The van der Waals surface area contributed by atoms with E-state index in [9.17, 15) is 14.4 Å². The predicted octanol–water partition coefficient (Wildman–Crippen LogP) is 4.21. The van der Waals surface area contributed by atoms with Gasteiger partial charge in [-0.3, -0.25) is 9.59 Å². The summed E-state index contributed by atoms with van der Waals surface area (Å²) in [7, 11) is 0. The van der Waals surface area contributed by atoms with Gasteiger partial charge in [0.2, 0.25) is 5.91 Å². The summed E-state index contributed by atoms with van der Waals surface area (Å²) in [6.45, 7) is 2.02. The Bertz CT molecular complexity index is 1260. The molecule has 34 heavy (non-hydrogen) atoms. The van der Waals surface area contributed by atoms with Gasteiger partial charge in [0, 0.05) is 17.7 Å². The number of hydrogen-bond acceptors (Lipinski definition) is 5. The predicted molar refractivity (Wildman–Crippen MR) is 132 cm³/mol. The van der Waals surface area contributed by atoms with Gasteiger partial charge in [-0.05, 0) is 48.7 Å². The first-order chi connectivity index (χ1) is 16.5. The maximum absolute atomic E-state index is 13.1. The SMILES string of the molecule is CCOC(=O)c1ccc2c(c1)NC(=O)/C2=C(\Nc1ccc(CCC(N)=O)cc1)c1ccccc1. The van der Waals surface area contributed by atoms with Crippen molar-refractivity contribution in [3.63, 3.8) is 0 Å². The third-order valence-corrected chi connectivity index (χ3v) is 5.47. The van der Waals surface area contributed by atoms with Gasteiger partial charge in [0.25, 0.3) is 5.91 Å². The normalized spacial score (nSPS) is 13.6. The van der Waals surface area contributed by atoms with Crippen LogP contribution in [0.25, 0.3) is 11.3 Å². The van der Waals surface area contributed by atoms with Crippen molar-refractivity contribution in [2.75, 3.05) is 17.2 Å². The molecule has 0 bridgehead atoms. The Labute approximate surface area is 197 Å². The number of aryl methyl sites for hydroxylation is 1. The lowest BCUT2D eigenvalue weighted by molar-refractivity contribution is -0.118. The lowest BCUT2D eigenvalue weighted by atomic mass is 9.99. The third-order valence-electron chi connectivity index (χ3n) is 5.47. The fraction of sp³-hybridized carbons (Fsp3) is 0.148. The number of carbonyl (C=O) groups is 3. The Hall–Kier alpha value is -4.39. The molecule has 1 aliphatic heterocycles. The van der Waals surface area contributed by atoms with Crippen molar-refractivity contribution in [2.45, 2.75) is 19.8 Å². The average molecular weight is 456 g/mol.